The first-order valence-electron chi connectivity index (χ1n) is 8.71. The number of thiocarbonyl (C=S) groups is 1. The Hall–Kier alpha value is -2.44. The fourth-order valence-corrected chi connectivity index (χ4v) is 2.70. The largest absolute Gasteiger partial charge is 0.331 e. The lowest BCUT2D eigenvalue weighted by atomic mass is 10.0. The van der Waals surface area contributed by atoms with Crippen LogP contribution >= 0.6 is 23.8 Å². The zero-order valence-electron chi connectivity index (χ0n) is 15.0. The molecule has 5 nitrogen and oxygen atoms in total. The second-order valence-electron chi connectivity index (χ2n) is 6.00. The third-order valence-electron chi connectivity index (χ3n) is 3.81. The summed E-state index contributed by atoms with van der Waals surface area (Å²) in [7, 11) is 0. The van der Waals surface area contributed by atoms with E-state index in [-0.39, 0.29) is 29.6 Å². The predicted octanol–water partition coefficient (Wildman–Crippen LogP) is 4.27. The van der Waals surface area contributed by atoms with Crippen LogP contribution in [0.25, 0.3) is 0 Å². The fraction of sp³-hybridized carbons (Fsp3) is 0.250. The number of amides is 1. The first kappa shape index (κ1) is 20.9. The maximum absolute atomic E-state index is 12.2. The number of aryl methyl sites for hydroxylation is 1. The molecule has 2 aromatic carbocycles. The minimum atomic E-state index is -0.314. The summed E-state index contributed by atoms with van der Waals surface area (Å²) < 4.78 is 0. The molecule has 0 unspecified atom stereocenters. The average molecular weight is 404 g/mol. The maximum Gasteiger partial charge on any atom is 0.238 e. The highest BCUT2D eigenvalue weighted by molar-refractivity contribution is 7.80. The van der Waals surface area contributed by atoms with Crippen molar-refractivity contribution in [3.05, 3.63) is 64.7 Å². The van der Waals surface area contributed by atoms with Crippen LogP contribution in [0.5, 0.6) is 0 Å². The number of carbonyl (C=O) groups excluding carboxylic acids is 2. The number of hydrazine groups is 1. The standard InChI is InChI=1S/C20H22ClN3O2S/c1-2-3-14-4-6-15(7-5-14)18(25)12-13-19(26)23-24-20(27)22-17-10-8-16(21)9-11-17/h4-11H,2-3,12-13H2,1H3,(H,23,26)(H2,22,24,27). The predicted molar refractivity (Wildman–Crippen MR) is 113 cm³/mol. The molecule has 3 N–H and O–H groups in total. The van der Waals surface area contributed by atoms with Crippen LogP contribution in [-0.4, -0.2) is 16.8 Å². The van der Waals surface area contributed by atoms with Gasteiger partial charge in [-0.1, -0.05) is 49.2 Å². The van der Waals surface area contributed by atoms with Crippen molar-refractivity contribution in [1.82, 2.24) is 10.9 Å². The maximum atomic E-state index is 12.2. The molecule has 2 rings (SSSR count). The molecule has 0 spiro atoms. The number of rotatable bonds is 7. The van der Waals surface area contributed by atoms with Gasteiger partial charge in [0.1, 0.15) is 0 Å². The zero-order valence-corrected chi connectivity index (χ0v) is 16.6. The van der Waals surface area contributed by atoms with Gasteiger partial charge in [0.2, 0.25) is 5.91 Å². The molecule has 0 aliphatic carbocycles. The highest BCUT2D eigenvalue weighted by Crippen LogP contribution is 2.13. The van der Waals surface area contributed by atoms with E-state index in [0.717, 1.165) is 18.5 Å². The monoisotopic (exact) mass is 403 g/mol. The van der Waals surface area contributed by atoms with Crippen LogP contribution in [0, 0.1) is 0 Å². The number of benzene rings is 2. The number of Topliss-reactive ketones (excluding diaryl/α,β-unsaturated/α-hetero) is 1. The lowest BCUT2D eigenvalue weighted by Gasteiger charge is -2.11. The number of halogens is 1. The van der Waals surface area contributed by atoms with Gasteiger partial charge in [0.25, 0.3) is 0 Å². The molecule has 0 aliphatic heterocycles. The molecule has 1 amide bonds. The molecule has 2 aromatic rings. The SMILES string of the molecule is CCCc1ccc(C(=O)CCC(=O)NNC(=S)Nc2ccc(Cl)cc2)cc1. The summed E-state index contributed by atoms with van der Waals surface area (Å²) in [4.78, 5) is 24.1. The van der Waals surface area contributed by atoms with E-state index in [4.69, 9.17) is 23.8 Å². The molecule has 0 heterocycles. The summed E-state index contributed by atoms with van der Waals surface area (Å²) in [6.07, 6.45) is 2.27. The number of hydrogen-bond donors (Lipinski definition) is 3. The Bertz CT molecular complexity index is 792. The van der Waals surface area contributed by atoms with Gasteiger partial charge in [0, 0.05) is 29.1 Å². The van der Waals surface area contributed by atoms with Crippen LogP contribution in [0.1, 0.15) is 42.1 Å². The molecule has 0 saturated heterocycles. The highest BCUT2D eigenvalue weighted by atomic mass is 35.5. The third kappa shape index (κ3) is 7.37. The molecule has 142 valence electrons. The molecule has 0 atom stereocenters. The molecule has 0 fully saturated rings. The Balaban J connectivity index is 1.71. The van der Waals surface area contributed by atoms with Crippen molar-refractivity contribution in [2.24, 2.45) is 0 Å². The van der Waals surface area contributed by atoms with Gasteiger partial charge in [0.15, 0.2) is 10.9 Å². The molecule has 7 heteroatoms. The normalized spacial score (nSPS) is 10.1. The smallest absolute Gasteiger partial charge is 0.238 e. The van der Waals surface area contributed by atoms with E-state index in [2.05, 4.69) is 23.1 Å². The van der Waals surface area contributed by atoms with Crippen LogP contribution in [0.3, 0.4) is 0 Å². The van der Waals surface area contributed by atoms with Crippen molar-refractivity contribution >= 4 is 46.3 Å². The van der Waals surface area contributed by atoms with Gasteiger partial charge < -0.3 is 5.32 Å². The highest BCUT2D eigenvalue weighted by Gasteiger charge is 2.09. The number of carbonyl (C=O) groups is 2. The molecule has 0 aliphatic rings. The van der Waals surface area contributed by atoms with Crippen molar-refractivity contribution in [3.63, 3.8) is 0 Å². The number of anilines is 1. The Morgan fingerprint density at radius 3 is 2.26 bits per heavy atom. The first-order chi connectivity index (χ1) is 13.0. The number of hydrogen-bond acceptors (Lipinski definition) is 3. The van der Waals surface area contributed by atoms with E-state index < -0.39 is 0 Å². The molecule has 27 heavy (non-hydrogen) atoms. The van der Waals surface area contributed by atoms with E-state index >= 15 is 0 Å². The fourth-order valence-electron chi connectivity index (χ4n) is 2.40. The van der Waals surface area contributed by atoms with Crippen molar-refractivity contribution in [2.45, 2.75) is 32.6 Å². The summed E-state index contributed by atoms with van der Waals surface area (Å²) in [6, 6.07) is 14.5. The molecular weight excluding hydrogens is 382 g/mol. The van der Waals surface area contributed by atoms with Gasteiger partial charge >= 0.3 is 0 Å². The average Bonchev–Trinajstić information content (AvgIpc) is 2.67. The van der Waals surface area contributed by atoms with Crippen molar-refractivity contribution in [3.8, 4) is 0 Å². The third-order valence-corrected chi connectivity index (χ3v) is 4.27. The molecule has 0 radical (unpaired) electrons. The van der Waals surface area contributed by atoms with Gasteiger partial charge in [-0.2, -0.15) is 0 Å². The van der Waals surface area contributed by atoms with E-state index in [9.17, 15) is 9.59 Å². The Morgan fingerprint density at radius 1 is 0.963 bits per heavy atom. The Morgan fingerprint density at radius 2 is 1.63 bits per heavy atom. The number of ketones is 1. The summed E-state index contributed by atoms with van der Waals surface area (Å²) in [5, 5.41) is 3.77. The van der Waals surface area contributed by atoms with E-state index in [0.29, 0.717) is 10.6 Å². The minimum absolute atomic E-state index is 0.0601. The van der Waals surface area contributed by atoms with Gasteiger partial charge in [-0.05, 0) is 48.5 Å². The van der Waals surface area contributed by atoms with Crippen LogP contribution in [0.2, 0.25) is 5.02 Å². The van der Waals surface area contributed by atoms with Gasteiger partial charge in [0.05, 0.1) is 0 Å². The Kier molecular flexibility index (Phi) is 8.23. The quantitative estimate of drug-likeness (QED) is 0.366. The molecule has 0 aromatic heterocycles. The van der Waals surface area contributed by atoms with Gasteiger partial charge in [-0.3, -0.25) is 20.4 Å². The van der Waals surface area contributed by atoms with Gasteiger partial charge in [-0.15, -0.1) is 0 Å². The van der Waals surface area contributed by atoms with E-state index in [1.165, 1.54) is 5.56 Å². The van der Waals surface area contributed by atoms with Crippen LogP contribution in [0.15, 0.2) is 48.5 Å². The van der Waals surface area contributed by atoms with Gasteiger partial charge in [-0.25, -0.2) is 0 Å². The lowest BCUT2D eigenvalue weighted by Crippen LogP contribution is -2.43. The molecule has 0 bridgehead atoms. The topological polar surface area (TPSA) is 70.2 Å². The van der Waals surface area contributed by atoms with Crippen molar-refractivity contribution < 1.29 is 9.59 Å². The van der Waals surface area contributed by atoms with Crippen LogP contribution < -0.4 is 16.2 Å². The van der Waals surface area contributed by atoms with E-state index in [1.54, 1.807) is 24.3 Å². The van der Waals surface area contributed by atoms with Crippen LogP contribution in [0.4, 0.5) is 5.69 Å². The summed E-state index contributed by atoms with van der Waals surface area (Å²) in [6.45, 7) is 2.11. The second-order valence-corrected chi connectivity index (χ2v) is 6.85. The molecule has 0 saturated carbocycles. The summed E-state index contributed by atoms with van der Waals surface area (Å²) in [5.74, 6) is -0.374. The first-order valence-corrected chi connectivity index (χ1v) is 9.50. The van der Waals surface area contributed by atoms with E-state index in [1.807, 2.05) is 24.3 Å². The Labute approximate surface area is 169 Å². The molecular formula is C20H22ClN3O2S. The lowest BCUT2D eigenvalue weighted by molar-refractivity contribution is -0.121. The summed E-state index contributed by atoms with van der Waals surface area (Å²) in [5.41, 5.74) is 7.65. The zero-order chi connectivity index (χ0) is 19.6. The minimum Gasteiger partial charge on any atom is -0.331 e. The summed E-state index contributed by atoms with van der Waals surface area (Å²) >= 11 is 10.9. The van der Waals surface area contributed by atoms with Crippen LogP contribution in [-0.2, 0) is 11.2 Å². The second kappa shape index (κ2) is 10.6. The van der Waals surface area contributed by atoms with Crippen molar-refractivity contribution in [1.29, 1.82) is 0 Å². The number of nitrogens with one attached hydrogen (secondary N) is 3. The van der Waals surface area contributed by atoms with Crippen molar-refractivity contribution in [2.75, 3.05) is 5.32 Å².